The first-order valence-corrected chi connectivity index (χ1v) is 9.71. The molecule has 5 nitrogen and oxygen atoms in total. The molecule has 0 bridgehead atoms. The maximum atomic E-state index is 12.3. The Morgan fingerprint density at radius 3 is 2.88 bits per heavy atom. The highest BCUT2D eigenvalue weighted by molar-refractivity contribution is 5.78. The van der Waals surface area contributed by atoms with Gasteiger partial charge in [-0.15, -0.1) is 0 Å². The van der Waals surface area contributed by atoms with E-state index in [1.54, 1.807) is 0 Å². The number of fused-ring (bicyclic) bond motifs is 1. The van der Waals surface area contributed by atoms with Crippen LogP contribution in [0.2, 0.25) is 0 Å². The third-order valence-corrected chi connectivity index (χ3v) is 5.72. The fourth-order valence-electron chi connectivity index (χ4n) is 4.27. The van der Waals surface area contributed by atoms with Crippen molar-refractivity contribution in [1.29, 1.82) is 0 Å². The quantitative estimate of drug-likeness (QED) is 0.879. The molecule has 0 radical (unpaired) electrons. The number of H-pyrrole nitrogens is 1. The molecule has 1 aromatic heterocycles. The van der Waals surface area contributed by atoms with Crippen molar-refractivity contribution in [3.05, 3.63) is 30.1 Å². The molecule has 1 saturated carbocycles. The van der Waals surface area contributed by atoms with E-state index in [2.05, 4.69) is 26.3 Å². The molecule has 2 heterocycles. The van der Waals surface area contributed by atoms with Gasteiger partial charge in [0.2, 0.25) is 5.91 Å². The van der Waals surface area contributed by atoms with E-state index in [-0.39, 0.29) is 11.8 Å². The molecule has 2 aromatic rings. The van der Waals surface area contributed by atoms with Crippen LogP contribution < -0.4 is 5.32 Å². The van der Waals surface area contributed by atoms with E-state index in [1.165, 1.54) is 19.3 Å². The zero-order valence-corrected chi connectivity index (χ0v) is 14.8. The number of amides is 1. The van der Waals surface area contributed by atoms with Gasteiger partial charge in [-0.1, -0.05) is 31.4 Å². The van der Waals surface area contributed by atoms with E-state index in [0.717, 1.165) is 62.3 Å². The van der Waals surface area contributed by atoms with Crippen LogP contribution in [-0.4, -0.2) is 40.4 Å². The Kier molecular flexibility index (Phi) is 5.02. The van der Waals surface area contributed by atoms with E-state index < -0.39 is 0 Å². The summed E-state index contributed by atoms with van der Waals surface area (Å²) in [5, 5.41) is 3.21. The van der Waals surface area contributed by atoms with Crippen LogP contribution in [0.15, 0.2) is 24.3 Å². The van der Waals surface area contributed by atoms with E-state index in [0.29, 0.717) is 5.92 Å². The standard InChI is InChI=1S/C20H28N4O/c25-20(16-6-2-1-3-7-16)21-12-15-10-11-24(13-15)14-19-22-17-8-4-5-9-18(17)23-19/h4-5,8-9,15-16H,1-3,6-7,10-14H2,(H,21,25)(H,22,23). The largest absolute Gasteiger partial charge is 0.356 e. The number of para-hydroxylation sites is 2. The minimum Gasteiger partial charge on any atom is -0.356 e. The summed E-state index contributed by atoms with van der Waals surface area (Å²) in [6.07, 6.45) is 7.04. The van der Waals surface area contributed by atoms with Crippen LogP contribution in [0.3, 0.4) is 0 Å². The Bertz CT molecular complexity index is 686. The highest BCUT2D eigenvalue weighted by Gasteiger charge is 2.26. The molecule has 2 aliphatic rings. The molecule has 4 rings (SSSR count). The summed E-state index contributed by atoms with van der Waals surface area (Å²) in [4.78, 5) is 22.8. The SMILES string of the molecule is O=C(NCC1CCN(Cc2nc3ccccc3[nH]2)C1)C1CCCCC1. The zero-order valence-electron chi connectivity index (χ0n) is 14.8. The van der Waals surface area contributed by atoms with Gasteiger partial charge in [0, 0.05) is 19.0 Å². The van der Waals surface area contributed by atoms with Crippen molar-refractivity contribution in [3.8, 4) is 0 Å². The van der Waals surface area contributed by atoms with Crippen LogP contribution >= 0.6 is 0 Å². The monoisotopic (exact) mass is 340 g/mol. The lowest BCUT2D eigenvalue weighted by Crippen LogP contribution is -2.36. The number of carbonyl (C=O) groups is 1. The van der Waals surface area contributed by atoms with Gasteiger partial charge in [0.25, 0.3) is 0 Å². The molecular weight excluding hydrogens is 312 g/mol. The average Bonchev–Trinajstić information content (AvgIpc) is 3.26. The summed E-state index contributed by atoms with van der Waals surface area (Å²) in [5.41, 5.74) is 2.14. The third kappa shape index (κ3) is 4.03. The van der Waals surface area contributed by atoms with Gasteiger partial charge in [0.05, 0.1) is 17.6 Å². The summed E-state index contributed by atoms with van der Waals surface area (Å²) < 4.78 is 0. The lowest BCUT2D eigenvalue weighted by molar-refractivity contribution is -0.126. The number of nitrogens with one attached hydrogen (secondary N) is 2. The maximum Gasteiger partial charge on any atom is 0.223 e. The number of carbonyl (C=O) groups excluding carboxylic acids is 1. The molecule has 0 spiro atoms. The first-order chi connectivity index (χ1) is 12.3. The highest BCUT2D eigenvalue weighted by atomic mass is 16.1. The van der Waals surface area contributed by atoms with Gasteiger partial charge >= 0.3 is 0 Å². The Morgan fingerprint density at radius 1 is 1.20 bits per heavy atom. The number of aromatic amines is 1. The number of aromatic nitrogens is 2. The number of nitrogens with zero attached hydrogens (tertiary/aromatic N) is 2. The van der Waals surface area contributed by atoms with Crippen LogP contribution in [0.5, 0.6) is 0 Å². The lowest BCUT2D eigenvalue weighted by atomic mass is 9.88. The zero-order chi connectivity index (χ0) is 17.1. The second-order valence-corrected chi connectivity index (χ2v) is 7.67. The van der Waals surface area contributed by atoms with Gasteiger partial charge < -0.3 is 10.3 Å². The number of likely N-dealkylation sites (tertiary alicyclic amines) is 1. The van der Waals surface area contributed by atoms with Crippen LogP contribution in [0.1, 0.15) is 44.3 Å². The summed E-state index contributed by atoms with van der Waals surface area (Å²) >= 11 is 0. The van der Waals surface area contributed by atoms with E-state index >= 15 is 0 Å². The predicted octanol–water partition coefficient (Wildman–Crippen LogP) is 3.08. The molecule has 1 amide bonds. The van der Waals surface area contributed by atoms with Crippen LogP contribution in [0.25, 0.3) is 11.0 Å². The number of rotatable bonds is 5. The minimum absolute atomic E-state index is 0.266. The number of imidazole rings is 1. The molecular formula is C20H28N4O. The van der Waals surface area contributed by atoms with Gasteiger partial charge in [-0.3, -0.25) is 9.69 Å². The molecule has 1 saturated heterocycles. The van der Waals surface area contributed by atoms with E-state index in [4.69, 9.17) is 0 Å². The van der Waals surface area contributed by atoms with Gasteiger partial charge in [0.15, 0.2) is 0 Å². The molecule has 2 fully saturated rings. The van der Waals surface area contributed by atoms with Crippen molar-refractivity contribution in [1.82, 2.24) is 20.2 Å². The van der Waals surface area contributed by atoms with Gasteiger partial charge in [-0.25, -0.2) is 4.98 Å². The van der Waals surface area contributed by atoms with Crippen LogP contribution in [0, 0.1) is 11.8 Å². The van der Waals surface area contributed by atoms with Crippen molar-refractivity contribution >= 4 is 16.9 Å². The molecule has 134 valence electrons. The summed E-state index contributed by atoms with van der Waals surface area (Å²) in [6, 6.07) is 8.17. The fraction of sp³-hybridized carbons (Fsp3) is 0.600. The fourth-order valence-corrected chi connectivity index (χ4v) is 4.27. The molecule has 1 unspecified atom stereocenters. The Hall–Kier alpha value is -1.88. The van der Waals surface area contributed by atoms with Gasteiger partial charge in [-0.05, 0) is 43.9 Å². The van der Waals surface area contributed by atoms with E-state index in [1.807, 2.05) is 18.2 Å². The summed E-state index contributed by atoms with van der Waals surface area (Å²) in [5.74, 6) is 2.15. The first-order valence-electron chi connectivity index (χ1n) is 9.71. The summed E-state index contributed by atoms with van der Waals surface area (Å²) in [7, 11) is 0. The molecule has 1 aliphatic heterocycles. The minimum atomic E-state index is 0.266. The number of benzene rings is 1. The van der Waals surface area contributed by atoms with E-state index in [9.17, 15) is 4.79 Å². The van der Waals surface area contributed by atoms with Gasteiger partial charge in [0.1, 0.15) is 5.82 Å². The van der Waals surface area contributed by atoms with Crippen molar-refractivity contribution < 1.29 is 4.79 Å². The molecule has 1 aliphatic carbocycles. The number of hydrogen-bond donors (Lipinski definition) is 2. The Morgan fingerprint density at radius 2 is 2.04 bits per heavy atom. The van der Waals surface area contributed by atoms with Crippen molar-refractivity contribution in [2.75, 3.05) is 19.6 Å². The molecule has 2 N–H and O–H groups in total. The number of hydrogen-bond acceptors (Lipinski definition) is 3. The van der Waals surface area contributed by atoms with Crippen LogP contribution in [-0.2, 0) is 11.3 Å². The molecule has 1 aromatic carbocycles. The van der Waals surface area contributed by atoms with Crippen molar-refractivity contribution in [2.24, 2.45) is 11.8 Å². The van der Waals surface area contributed by atoms with Crippen LogP contribution in [0.4, 0.5) is 0 Å². The molecule has 5 heteroatoms. The second kappa shape index (κ2) is 7.56. The van der Waals surface area contributed by atoms with Crippen molar-refractivity contribution in [2.45, 2.75) is 45.1 Å². The first kappa shape index (κ1) is 16.6. The topological polar surface area (TPSA) is 61.0 Å². The van der Waals surface area contributed by atoms with Crippen molar-refractivity contribution in [3.63, 3.8) is 0 Å². The maximum absolute atomic E-state index is 12.3. The van der Waals surface area contributed by atoms with Gasteiger partial charge in [-0.2, -0.15) is 0 Å². The average molecular weight is 340 g/mol. The predicted molar refractivity (Wildman–Crippen MR) is 99.1 cm³/mol. The molecule has 1 atom stereocenters. The second-order valence-electron chi connectivity index (χ2n) is 7.67. The lowest BCUT2D eigenvalue weighted by Gasteiger charge is -2.22. The molecule has 25 heavy (non-hydrogen) atoms. The summed E-state index contributed by atoms with van der Waals surface area (Å²) in [6.45, 7) is 3.82. The normalized spacial score (nSPS) is 22.5. The Labute approximate surface area is 149 Å². The highest BCUT2D eigenvalue weighted by Crippen LogP contribution is 2.24. The third-order valence-electron chi connectivity index (χ3n) is 5.72. The Balaban J connectivity index is 1.24. The smallest absolute Gasteiger partial charge is 0.223 e.